The van der Waals surface area contributed by atoms with Gasteiger partial charge in [0.05, 0.1) is 0 Å². The maximum absolute atomic E-state index is 14.2. The maximum atomic E-state index is 14.2. The SMILES string of the molecule is CC(C)(C)OC(=O)NN1C(=O)c2ccccc2C12c1ccc(Nc3ccccc3)cc1Oc1cc(Nc3ccccc3)ccc12. The van der Waals surface area contributed by atoms with Crippen LogP contribution in [0.4, 0.5) is 27.5 Å². The normalized spacial score (nSPS) is 14.1. The zero-order chi connectivity index (χ0) is 31.2. The first kappa shape index (κ1) is 28.0. The van der Waals surface area contributed by atoms with Crippen LogP contribution in [0.15, 0.2) is 121 Å². The molecule has 2 amide bonds. The highest BCUT2D eigenvalue weighted by atomic mass is 16.6. The second-order valence-corrected chi connectivity index (χ2v) is 12.0. The minimum Gasteiger partial charge on any atom is -0.456 e. The highest BCUT2D eigenvalue weighted by Crippen LogP contribution is 2.57. The summed E-state index contributed by atoms with van der Waals surface area (Å²) >= 11 is 0. The molecule has 3 N–H and O–H groups in total. The van der Waals surface area contributed by atoms with Crippen molar-refractivity contribution in [3.63, 3.8) is 0 Å². The van der Waals surface area contributed by atoms with E-state index in [1.54, 1.807) is 26.8 Å². The highest BCUT2D eigenvalue weighted by Gasteiger charge is 2.57. The fourth-order valence-corrected chi connectivity index (χ4v) is 6.04. The molecule has 0 radical (unpaired) electrons. The summed E-state index contributed by atoms with van der Waals surface area (Å²) in [5, 5.41) is 8.26. The first-order valence-electron chi connectivity index (χ1n) is 14.8. The second-order valence-electron chi connectivity index (χ2n) is 12.0. The summed E-state index contributed by atoms with van der Waals surface area (Å²) in [5.41, 5.74) is 6.87. The molecule has 2 aliphatic heterocycles. The lowest BCUT2D eigenvalue weighted by Crippen LogP contribution is -2.56. The third-order valence-electron chi connectivity index (χ3n) is 7.78. The molecule has 0 saturated carbocycles. The monoisotopic (exact) mass is 596 g/mol. The summed E-state index contributed by atoms with van der Waals surface area (Å²) in [6.07, 6.45) is -0.734. The van der Waals surface area contributed by atoms with Gasteiger partial charge < -0.3 is 20.1 Å². The molecule has 0 bridgehead atoms. The Morgan fingerprint density at radius 3 is 1.71 bits per heavy atom. The van der Waals surface area contributed by atoms with Gasteiger partial charge in [-0.15, -0.1) is 0 Å². The van der Waals surface area contributed by atoms with Crippen molar-refractivity contribution in [2.75, 3.05) is 10.6 Å². The molecule has 8 nitrogen and oxygen atoms in total. The van der Waals surface area contributed by atoms with E-state index in [1.807, 2.05) is 115 Å². The number of para-hydroxylation sites is 2. The molecule has 0 fully saturated rings. The quantitative estimate of drug-likeness (QED) is 0.189. The van der Waals surface area contributed by atoms with E-state index in [0.717, 1.165) is 28.3 Å². The second kappa shape index (κ2) is 10.7. The predicted octanol–water partition coefficient (Wildman–Crippen LogP) is 8.47. The Balaban J connectivity index is 1.42. The number of hydrazine groups is 1. The average Bonchev–Trinajstić information content (AvgIpc) is 3.25. The Morgan fingerprint density at radius 1 is 0.667 bits per heavy atom. The molecular weight excluding hydrogens is 564 g/mol. The number of nitrogens with one attached hydrogen (secondary N) is 3. The van der Waals surface area contributed by atoms with Gasteiger partial charge in [0.25, 0.3) is 5.91 Å². The number of carbonyl (C=O) groups excluding carboxylic acids is 2. The number of carbonyl (C=O) groups is 2. The Labute approximate surface area is 261 Å². The number of amides is 2. The molecule has 5 aromatic carbocycles. The van der Waals surface area contributed by atoms with Gasteiger partial charge in [0.2, 0.25) is 0 Å². The Hall–Kier alpha value is -5.76. The Morgan fingerprint density at radius 2 is 1.18 bits per heavy atom. The van der Waals surface area contributed by atoms with Gasteiger partial charge >= 0.3 is 6.09 Å². The summed E-state index contributed by atoms with van der Waals surface area (Å²) in [4.78, 5) is 27.5. The van der Waals surface area contributed by atoms with Gasteiger partial charge in [-0.3, -0.25) is 4.79 Å². The van der Waals surface area contributed by atoms with Crippen LogP contribution >= 0.6 is 0 Å². The van der Waals surface area contributed by atoms with E-state index in [0.29, 0.717) is 28.2 Å². The van der Waals surface area contributed by atoms with Crippen molar-refractivity contribution < 1.29 is 19.1 Å². The van der Waals surface area contributed by atoms with Crippen molar-refractivity contribution in [1.82, 2.24) is 10.4 Å². The van der Waals surface area contributed by atoms with Gasteiger partial charge in [-0.1, -0.05) is 66.7 Å². The molecule has 5 aromatic rings. The van der Waals surface area contributed by atoms with E-state index in [-0.39, 0.29) is 5.91 Å². The molecule has 0 aliphatic carbocycles. The number of rotatable bonds is 5. The third kappa shape index (κ3) is 5.00. The summed E-state index contributed by atoms with van der Waals surface area (Å²) < 4.78 is 12.3. The van der Waals surface area contributed by atoms with Gasteiger partial charge in [0.15, 0.2) is 0 Å². The Kier molecular flexibility index (Phi) is 6.70. The molecule has 224 valence electrons. The van der Waals surface area contributed by atoms with E-state index >= 15 is 0 Å². The molecule has 45 heavy (non-hydrogen) atoms. The first-order chi connectivity index (χ1) is 21.7. The van der Waals surface area contributed by atoms with Crippen molar-refractivity contribution in [3.05, 3.63) is 144 Å². The molecule has 8 heteroatoms. The standard InChI is InChI=1S/C37H32N4O4/c1-36(2,3)45-35(43)40-41-34(42)28-16-10-11-17-29(28)37(41)30-20-18-26(38-24-12-6-4-7-13-24)22-32(30)44-33-23-27(19-21-31(33)37)39-25-14-8-5-9-15-25/h4-23,38-39H,1-3H3,(H,40,43). The van der Waals surface area contributed by atoms with Crippen molar-refractivity contribution >= 4 is 34.7 Å². The summed E-state index contributed by atoms with van der Waals surface area (Å²) in [5.74, 6) is 0.731. The van der Waals surface area contributed by atoms with E-state index in [2.05, 4.69) is 16.1 Å². The van der Waals surface area contributed by atoms with Crippen molar-refractivity contribution in [2.24, 2.45) is 0 Å². The number of fused-ring (bicyclic) bond motifs is 6. The fraction of sp³-hybridized carbons (Fsp3) is 0.135. The molecule has 7 rings (SSSR count). The van der Waals surface area contributed by atoms with E-state index in [9.17, 15) is 9.59 Å². The highest BCUT2D eigenvalue weighted by molar-refractivity contribution is 6.03. The van der Waals surface area contributed by atoms with Crippen LogP contribution in [-0.2, 0) is 10.3 Å². The van der Waals surface area contributed by atoms with Crippen LogP contribution in [0, 0.1) is 0 Å². The van der Waals surface area contributed by atoms with Gasteiger partial charge in [0, 0.05) is 57.1 Å². The van der Waals surface area contributed by atoms with Crippen LogP contribution in [0.5, 0.6) is 11.5 Å². The number of anilines is 4. The topological polar surface area (TPSA) is 91.9 Å². The minimum absolute atomic E-state index is 0.353. The molecule has 0 saturated heterocycles. The van der Waals surface area contributed by atoms with Gasteiger partial charge in [0.1, 0.15) is 22.6 Å². The van der Waals surface area contributed by atoms with E-state index in [4.69, 9.17) is 9.47 Å². The zero-order valence-corrected chi connectivity index (χ0v) is 25.1. The van der Waals surface area contributed by atoms with Crippen LogP contribution in [0.1, 0.15) is 47.8 Å². The molecule has 0 unspecified atom stereocenters. The predicted molar refractivity (Wildman–Crippen MR) is 174 cm³/mol. The summed E-state index contributed by atoms with van der Waals surface area (Å²) in [7, 11) is 0. The molecular formula is C37H32N4O4. The van der Waals surface area contributed by atoms with Crippen molar-refractivity contribution in [2.45, 2.75) is 31.9 Å². The van der Waals surface area contributed by atoms with E-state index < -0.39 is 17.2 Å². The van der Waals surface area contributed by atoms with Crippen LogP contribution in [0.2, 0.25) is 0 Å². The molecule has 0 atom stereocenters. The largest absolute Gasteiger partial charge is 0.456 e. The number of hydrogen-bond acceptors (Lipinski definition) is 6. The molecule has 2 aliphatic rings. The first-order valence-corrected chi connectivity index (χ1v) is 14.8. The van der Waals surface area contributed by atoms with Crippen molar-refractivity contribution in [1.29, 1.82) is 0 Å². The fourth-order valence-electron chi connectivity index (χ4n) is 6.04. The summed E-state index contributed by atoms with van der Waals surface area (Å²) in [6, 6.07) is 38.8. The van der Waals surface area contributed by atoms with Crippen LogP contribution in [0.25, 0.3) is 0 Å². The number of ether oxygens (including phenoxy) is 2. The van der Waals surface area contributed by atoms with Crippen LogP contribution in [-0.4, -0.2) is 22.6 Å². The molecule has 2 heterocycles. The summed E-state index contributed by atoms with van der Waals surface area (Å²) in [6.45, 7) is 5.35. The van der Waals surface area contributed by atoms with Crippen molar-refractivity contribution in [3.8, 4) is 11.5 Å². The number of nitrogens with zero attached hydrogens (tertiary/aromatic N) is 1. The minimum atomic E-state index is -1.25. The molecule has 0 aromatic heterocycles. The van der Waals surface area contributed by atoms with E-state index in [1.165, 1.54) is 5.01 Å². The zero-order valence-electron chi connectivity index (χ0n) is 25.1. The smallest absolute Gasteiger partial charge is 0.426 e. The number of benzene rings is 5. The lowest BCUT2D eigenvalue weighted by atomic mass is 9.75. The van der Waals surface area contributed by atoms with Gasteiger partial charge in [-0.05, 0) is 63.2 Å². The lowest BCUT2D eigenvalue weighted by Gasteiger charge is -2.43. The average molecular weight is 597 g/mol. The lowest BCUT2D eigenvalue weighted by molar-refractivity contribution is 0.0181. The third-order valence-corrected chi connectivity index (χ3v) is 7.78. The van der Waals surface area contributed by atoms with Crippen LogP contribution in [0.3, 0.4) is 0 Å². The maximum Gasteiger partial charge on any atom is 0.426 e. The van der Waals surface area contributed by atoms with Crippen LogP contribution < -0.4 is 20.8 Å². The molecule has 1 spiro atoms. The Bertz CT molecular complexity index is 1830. The number of hydrogen-bond donors (Lipinski definition) is 3. The van der Waals surface area contributed by atoms with Gasteiger partial charge in [-0.25, -0.2) is 15.2 Å². The van der Waals surface area contributed by atoms with Gasteiger partial charge in [-0.2, -0.15) is 0 Å².